The van der Waals surface area contributed by atoms with Gasteiger partial charge in [-0.3, -0.25) is 0 Å². The fourth-order valence-electron chi connectivity index (χ4n) is 2.13. The Hall–Kier alpha value is -2.79. The summed E-state index contributed by atoms with van der Waals surface area (Å²) in [6.07, 6.45) is 1.54. The van der Waals surface area contributed by atoms with Gasteiger partial charge in [0, 0.05) is 0 Å². The van der Waals surface area contributed by atoms with Crippen molar-refractivity contribution in [3.05, 3.63) is 64.3 Å². The van der Waals surface area contributed by atoms with Gasteiger partial charge >= 0.3 is 5.63 Å². The number of halogens is 1. The van der Waals surface area contributed by atoms with Gasteiger partial charge in [0.05, 0.1) is 18.0 Å². The Kier molecular flexibility index (Phi) is 4.04. The van der Waals surface area contributed by atoms with Crippen LogP contribution in [0.25, 0.3) is 22.0 Å². The van der Waals surface area contributed by atoms with Gasteiger partial charge in [-0.05, 0) is 35.9 Å². The van der Waals surface area contributed by atoms with Crippen molar-refractivity contribution < 1.29 is 14.3 Å². The van der Waals surface area contributed by atoms with E-state index in [-0.39, 0.29) is 16.7 Å². The molecule has 23 heavy (non-hydrogen) atoms. The summed E-state index contributed by atoms with van der Waals surface area (Å²) < 4.78 is 10.1. The number of nitrogens with zero attached hydrogens (tertiary/aromatic N) is 1. The van der Waals surface area contributed by atoms with Crippen molar-refractivity contribution in [2.24, 2.45) is 0 Å². The first kappa shape index (κ1) is 15.1. The number of aromatic hydroxyl groups is 1. The molecule has 0 aliphatic rings. The van der Waals surface area contributed by atoms with Crippen molar-refractivity contribution in [2.45, 2.75) is 0 Å². The van der Waals surface area contributed by atoms with Crippen LogP contribution in [0.15, 0.2) is 51.7 Å². The zero-order valence-corrected chi connectivity index (χ0v) is 12.9. The van der Waals surface area contributed by atoms with Gasteiger partial charge < -0.3 is 14.3 Å². The Bertz CT molecular complexity index is 962. The molecule has 6 heteroatoms. The van der Waals surface area contributed by atoms with E-state index in [0.717, 1.165) is 0 Å². The van der Waals surface area contributed by atoms with Crippen molar-refractivity contribution >= 4 is 33.6 Å². The number of ether oxygens (including phenoxy) is 1. The van der Waals surface area contributed by atoms with Gasteiger partial charge in [0.15, 0.2) is 11.5 Å². The third-order valence-electron chi connectivity index (χ3n) is 3.24. The summed E-state index contributed by atoms with van der Waals surface area (Å²) in [6.45, 7) is 0. The Morgan fingerprint density at radius 1 is 1.30 bits per heavy atom. The van der Waals surface area contributed by atoms with Crippen molar-refractivity contribution in [3.63, 3.8) is 0 Å². The first-order valence-electron chi connectivity index (χ1n) is 6.73. The summed E-state index contributed by atoms with van der Waals surface area (Å²) in [4.78, 5) is 16.2. The zero-order chi connectivity index (χ0) is 16.4. The number of fused-ring (bicyclic) bond motifs is 1. The van der Waals surface area contributed by atoms with E-state index in [0.29, 0.717) is 22.2 Å². The van der Waals surface area contributed by atoms with Crippen molar-refractivity contribution in [1.82, 2.24) is 4.98 Å². The molecular weight excluding hydrogens is 318 g/mol. The molecule has 1 N–H and O–H groups in total. The van der Waals surface area contributed by atoms with Crippen LogP contribution in [0, 0.1) is 0 Å². The van der Waals surface area contributed by atoms with E-state index in [9.17, 15) is 9.90 Å². The van der Waals surface area contributed by atoms with Gasteiger partial charge in [-0.15, -0.1) is 0 Å². The summed E-state index contributed by atoms with van der Waals surface area (Å²) in [5.41, 5.74) is 0.614. The summed E-state index contributed by atoms with van der Waals surface area (Å²) in [6, 6.07) is 11.7. The van der Waals surface area contributed by atoms with Crippen LogP contribution in [-0.4, -0.2) is 17.2 Å². The van der Waals surface area contributed by atoms with Crippen LogP contribution in [0.2, 0.25) is 0 Å². The minimum absolute atomic E-state index is 0.0151. The second-order valence-corrected chi connectivity index (χ2v) is 5.15. The standard InChI is InChI=1S/C17H12ClNO4/c1-22-15-7-6-10(9-14(15)20)8-12(18)16-19-13-5-3-2-4-11(13)17(21)23-16/h2-9,20H,1H3/b12-8-. The maximum atomic E-state index is 11.9. The van der Waals surface area contributed by atoms with Gasteiger partial charge in [-0.2, -0.15) is 0 Å². The molecule has 0 amide bonds. The van der Waals surface area contributed by atoms with Gasteiger partial charge in [-0.25, -0.2) is 9.78 Å². The Balaban J connectivity index is 2.04. The van der Waals surface area contributed by atoms with Gasteiger partial charge in [0.1, 0.15) is 5.03 Å². The number of methoxy groups -OCH3 is 1. The van der Waals surface area contributed by atoms with E-state index in [1.807, 2.05) is 0 Å². The smallest absolute Gasteiger partial charge is 0.347 e. The number of aromatic nitrogens is 1. The number of hydrogen-bond donors (Lipinski definition) is 1. The van der Waals surface area contributed by atoms with Crippen LogP contribution in [0.1, 0.15) is 11.5 Å². The molecule has 0 bridgehead atoms. The van der Waals surface area contributed by atoms with Crippen LogP contribution in [0.4, 0.5) is 0 Å². The SMILES string of the molecule is COc1ccc(/C=C(\Cl)c2nc3ccccc3c(=O)o2)cc1O. The Morgan fingerprint density at radius 3 is 2.83 bits per heavy atom. The average molecular weight is 330 g/mol. The molecule has 0 atom stereocenters. The van der Waals surface area contributed by atoms with Gasteiger partial charge in [0.25, 0.3) is 0 Å². The number of benzene rings is 2. The van der Waals surface area contributed by atoms with Gasteiger partial charge in [0.2, 0.25) is 5.89 Å². The quantitative estimate of drug-likeness (QED) is 0.794. The lowest BCUT2D eigenvalue weighted by Gasteiger charge is -2.04. The van der Waals surface area contributed by atoms with Crippen molar-refractivity contribution in [3.8, 4) is 11.5 Å². The number of hydrogen-bond acceptors (Lipinski definition) is 5. The number of rotatable bonds is 3. The fraction of sp³-hybridized carbons (Fsp3) is 0.0588. The second-order valence-electron chi connectivity index (χ2n) is 4.75. The lowest BCUT2D eigenvalue weighted by Crippen LogP contribution is -2.03. The normalized spacial score (nSPS) is 11.7. The van der Waals surface area contributed by atoms with Crippen molar-refractivity contribution in [2.75, 3.05) is 7.11 Å². The molecule has 0 aliphatic heterocycles. The molecule has 1 heterocycles. The first-order chi connectivity index (χ1) is 11.1. The summed E-state index contributed by atoms with van der Waals surface area (Å²) in [5.74, 6) is 0.359. The van der Waals surface area contributed by atoms with E-state index in [1.165, 1.54) is 13.2 Å². The number of para-hydroxylation sites is 1. The summed E-state index contributed by atoms with van der Waals surface area (Å²) in [7, 11) is 1.46. The van der Waals surface area contributed by atoms with E-state index < -0.39 is 5.63 Å². The predicted molar refractivity (Wildman–Crippen MR) is 88.7 cm³/mol. The topological polar surface area (TPSA) is 72.6 Å². The van der Waals surface area contributed by atoms with Crippen LogP contribution < -0.4 is 10.4 Å². The zero-order valence-electron chi connectivity index (χ0n) is 12.1. The molecule has 116 valence electrons. The predicted octanol–water partition coefficient (Wildman–Crippen LogP) is 3.64. The molecular formula is C17H12ClNO4. The van der Waals surface area contributed by atoms with E-state index in [1.54, 1.807) is 42.5 Å². The third kappa shape index (κ3) is 3.05. The van der Waals surface area contributed by atoms with Crippen LogP contribution in [0.3, 0.4) is 0 Å². The third-order valence-corrected chi connectivity index (χ3v) is 3.51. The highest BCUT2D eigenvalue weighted by atomic mass is 35.5. The Labute approximate surface area is 136 Å². The van der Waals surface area contributed by atoms with Crippen LogP contribution in [0.5, 0.6) is 11.5 Å². The highest BCUT2D eigenvalue weighted by Crippen LogP contribution is 2.29. The maximum Gasteiger partial charge on any atom is 0.347 e. The molecule has 0 fully saturated rings. The summed E-state index contributed by atoms with van der Waals surface area (Å²) in [5, 5.41) is 10.3. The van der Waals surface area contributed by atoms with E-state index in [4.69, 9.17) is 20.8 Å². The molecule has 3 aromatic rings. The first-order valence-corrected chi connectivity index (χ1v) is 7.11. The monoisotopic (exact) mass is 329 g/mol. The second kappa shape index (κ2) is 6.14. The van der Waals surface area contributed by atoms with Crippen LogP contribution in [-0.2, 0) is 0 Å². The highest BCUT2D eigenvalue weighted by molar-refractivity contribution is 6.50. The molecule has 0 unspecified atom stereocenters. The molecule has 1 aromatic heterocycles. The molecule has 0 saturated heterocycles. The Morgan fingerprint density at radius 2 is 2.09 bits per heavy atom. The fourth-order valence-corrected chi connectivity index (χ4v) is 2.33. The lowest BCUT2D eigenvalue weighted by atomic mass is 10.2. The lowest BCUT2D eigenvalue weighted by molar-refractivity contribution is 0.373. The van der Waals surface area contributed by atoms with E-state index in [2.05, 4.69) is 4.98 Å². The molecule has 5 nitrogen and oxygen atoms in total. The van der Waals surface area contributed by atoms with Gasteiger partial charge in [-0.1, -0.05) is 29.8 Å². The van der Waals surface area contributed by atoms with E-state index >= 15 is 0 Å². The number of phenols is 1. The highest BCUT2D eigenvalue weighted by Gasteiger charge is 2.09. The molecule has 2 aromatic carbocycles. The number of phenolic OH excluding ortho intramolecular Hbond substituents is 1. The van der Waals surface area contributed by atoms with Crippen molar-refractivity contribution in [1.29, 1.82) is 0 Å². The molecule has 0 saturated carbocycles. The molecule has 0 spiro atoms. The average Bonchev–Trinajstić information content (AvgIpc) is 2.55. The molecule has 3 rings (SSSR count). The minimum atomic E-state index is -0.505. The molecule has 0 aliphatic carbocycles. The summed E-state index contributed by atoms with van der Waals surface area (Å²) >= 11 is 6.19. The molecule has 0 radical (unpaired) electrons. The minimum Gasteiger partial charge on any atom is -0.504 e. The maximum absolute atomic E-state index is 11.9. The van der Waals surface area contributed by atoms with Crippen LogP contribution >= 0.6 is 11.6 Å². The largest absolute Gasteiger partial charge is 0.504 e.